The Morgan fingerprint density at radius 1 is 1.00 bits per heavy atom. The third kappa shape index (κ3) is 2.92. The van der Waals surface area contributed by atoms with E-state index in [1.54, 1.807) is 0 Å². The largest absolute Gasteiger partial charge is 0.349 e. The van der Waals surface area contributed by atoms with E-state index in [9.17, 15) is 4.79 Å². The topological polar surface area (TPSA) is 32.3 Å². The van der Waals surface area contributed by atoms with Gasteiger partial charge in [-0.1, -0.05) is 19.3 Å². The molecule has 5 rings (SSSR count). The van der Waals surface area contributed by atoms with Crippen LogP contribution in [0.25, 0.3) is 0 Å². The highest BCUT2D eigenvalue weighted by Gasteiger charge is 2.54. The van der Waals surface area contributed by atoms with E-state index < -0.39 is 0 Å². The zero-order valence-corrected chi connectivity index (χ0v) is 15.2. The molecule has 128 valence electrons. The predicted octanol–water partition coefficient (Wildman–Crippen LogP) is 3.87. The Morgan fingerprint density at radius 3 is 2.04 bits per heavy atom. The Labute approximate surface area is 145 Å². The summed E-state index contributed by atoms with van der Waals surface area (Å²) in [5.41, 5.74) is -0.0911. The molecular weight excluding hydrogens is 304 g/mol. The molecule has 4 bridgehead atoms. The van der Waals surface area contributed by atoms with Crippen molar-refractivity contribution in [3.63, 3.8) is 0 Å². The third-order valence-electron chi connectivity index (χ3n) is 7.18. The summed E-state index contributed by atoms with van der Waals surface area (Å²) in [7, 11) is 2.07. The van der Waals surface area contributed by atoms with Crippen LogP contribution >= 0.6 is 12.2 Å². The fraction of sp³-hybridized carbons (Fsp3) is 0.895. The van der Waals surface area contributed by atoms with Crippen molar-refractivity contribution in [2.24, 2.45) is 23.2 Å². The minimum atomic E-state index is -0.0911. The minimum absolute atomic E-state index is 0.0911. The second kappa shape index (κ2) is 6.02. The van der Waals surface area contributed by atoms with E-state index in [2.05, 4.69) is 17.3 Å². The van der Waals surface area contributed by atoms with Gasteiger partial charge < -0.3 is 10.2 Å². The zero-order chi connectivity index (χ0) is 16.0. The number of rotatable bonds is 2. The van der Waals surface area contributed by atoms with E-state index in [0.29, 0.717) is 11.2 Å². The molecule has 5 aliphatic carbocycles. The van der Waals surface area contributed by atoms with Gasteiger partial charge >= 0.3 is 0 Å². The summed E-state index contributed by atoms with van der Waals surface area (Å²) in [4.78, 5) is 15.2. The van der Waals surface area contributed by atoms with Crippen molar-refractivity contribution in [1.82, 2.24) is 10.2 Å². The first kappa shape index (κ1) is 15.9. The molecule has 0 spiro atoms. The number of thiocarbonyl (C=S) groups is 1. The quantitative estimate of drug-likeness (QED) is 0.778. The smallest absolute Gasteiger partial charge is 0.232 e. The third-order valence-corrected chi connectivity index (χ3v) is 7.57. The average molecular weight is 335 g/mol. The van der Waals surface area contributed by atoms with Crippen LogP contribution < -0.4 is 5.32 Å². The highest BCUT2D eigenvalue weighted by Crippen LogP contribution is 2.60. The predicted molar refractivity (Wildman–Crippen MR) is 96.0 cm³/mol. The fourth-order valence-electron chi connectivity index (χ4n) is 6.34. The van der Waals surface area contributed by atoms with Gasteiger partial charge in [0.15, 0.2) is 5.11 Å². The number of hydrogen-bond acceptors (Lipinski definition) is 2. The maximum atomic E-state index is 13.1. The molecule has 4 heteroatoms. The van der Waals surface area contributed by atoms with E-state index >= 15 is 0 Å². The van der Waals surface area contributed by atoms with Crippen molar-refractivity contribution < 1.29 is 4.79 Å². The van der Waals surface area contributed by atoms with Crippen LogP contribution in [0.3, 0.4) is 0 Å². The molecule has 0 heterocycles. The molecule has 0 unspecified atom stereocenters. The second-order valence-corrected chi connectivity index (χ2v) is 9.25. The molecular formula is C19H30N2OS. The van der Waals surface area contributed by atoms with Gasteiger partial charge in [-0.25, -0.2) is 0 Å². The molecule has 5 aliphatic rings. The van der Waals surface area contributed by atoms with E-state index in [1.807, 2.05) is 0 Å². The summed E-state index contributed by atoms with van der Waals surface area (Å²) in [6.45, 7) is 0. The number of carbonyl (C=O) groups excluding carboxylic acids is 1. The maximum Gasteiger partial charge on any atom is 0.232 e. The van der Waals surface area contributed by atoms with Gasteiger partial charge in [0.05, 0.1) is 5.41 Å². The highest BCUT2D eigenvalue weighted by atomic mass is 32.1. The molecule has 23 heavy (non-hydrogen) atoms. The Hall–Kier alpha value is -0.640. The number of carbonyl (C=O) groups is 1. The van der Waals surface area contributed by atoms with Gasteiger partial charge in [0, 0.05) is 13.1 Å². The van der Waals surface area contributed by atoms with Gasteiger partial charge in [0.1, 0.15) is 0 Å². The van der Waals surface area contributed by atoms with Crippen molar-refractivity contribution in [1.29, 1.82) is 0 Å². The van der Waals surface area contributed by atoms with Gasteiger partial charge in [0.25, 0.3) is 0 Å². The Balaban J connectivity index is 1.40. The summed E-state index contributed by atoms with van der Waals surface area (Å²) < 4.78 is 0. The Morgan fingerprint density at radius 2 is 1.52 bits per heavy atom. The minimum Gasteiger partial charge on any atom is -0.349 e. The lowest BCUT2D eigenvalue weighted by molar-refractivity contribution is -0.144. The van der Waals surface area contributed by atoms with Gasteiger partial charge in [0.2, 0.25) is 5.91 Å². The fourth-order valence-corrected chi connectivity index (χ4v) is 6.58. The maximum absolute atomic E-state index is 13.1. The molecule has 0 aromatic carbocycles. The molecule has 5 saturated carbocycles. The van der Waals surface area contributed by atoms with E-state index in [4.69, 9.17) is 12.2 Å². The van der Waals surface area contributed by atoms with Gasteiger partial charge in [-0.2, -0.15) is 0 Å². The molecule has 0 aliphatic heterocycles. The van der Waals surface area contributed by atoms with Gasteiger partial charge in [-0.05, 0) is 81.3 Å². The van der Waals surface area contributed by atoms with Crippen LogP contribution in [-0.4, -0.2) is 29.0 Å². The van der Waals surface area contributed by atoms with E-state index in [0.717, 1.165) is 37.0 Å². The molecule has 0 radical (unpaired) electrons. The molecule has 0 atom stereocenters. The van der Waals surface area contributed by atoms with Crippen LogP contribution in [0.5, 0.6) is 0 Å². The van der Waals surface area contributed by atoms with Crippen molar-refractivity contribution in [2.75, 3.05) is 7.05 Å². The van der Waals surface area contributed by atoms with Crippen LogP contribution in [0.1, 0.15) is 70.6 Å². The van der Waals surface area contributed by atoms with E-state index in [-0.39, 0.29) is 11.3 Å². The summed E-state index contributed by atoms with van der Waals surface area (Å²) in [6.07, 6.45) is 13.8. The van der Waals surface area contributed by atoms with Crippen molar-refractivity contribution in [2.45, 2.75) is 76.7 Å². The normalized spacial score (nSPS) is 39.3. The van der Waals surface area contributed by atoms with Gasteiger partial charge in [-0.15, -0.1) is 0 Å². The second-order valence-electron chi connectivity index (χ2n) is 8.86. The lowest BCUT2D eigenvalue weighted by Gasteiger charge is -2.55. The number of nitrogens with one attached hydrogen (secondary N) is 1. The summed E-state index contributed by atoms with van der Waals surface area (Å²) in [5.74, 6) is 2.65. The average Bonchev–Trinajstić information content (AvgIpc) is 2.53. The van der Waals surface area contributed by atoms with Crippen molar-refractivity contribution in [3.05, 3.63) is 0 Å². The van der Waals surface area contributed by atoms with Crippen LogP contribution in [0.2, 0.25) is 0 Å². The molecule has 0 aromatic rings. The summed E-state index contributed by atoms with van der Waals surface area (Å²) in [6, 6.07) is 0.521. The first-order chi connectivity index (χ1) is 11.1. The van der Waals surface area contributed by atoms with Crippen LogP contribution in [0.15, 0.2) is 0 Å². The monoisotopic (exact) mass is 334 g/mol. The van der Waals surface area contributed by atoms with Crippen LogP contribution in [0.4, 0.5) is 0 Å². The molecule has 0 aromatic heterocycles. The molecule has 1 amide bonds. The van der Waals surface area contributed by atoms with Crippen molar-refractivity contribution >= 4 is 23.2 Å². The first-order valence-corrected chi connectivity index (χ1v) is 10.0. The van der Waals surface area contributed by atoms with Crippen LogP contribution in [0, 0.1) is 23.2 Å². The molecule has 1 N–H and O–H groups in total. The highest BCUT2D eigenvalue weighted by molar-refractivity contribution is 7.80. The standard InChI is InChI=1S/C19H30N2OS/c1-21(16-5-3-2-4-6-16)18(23)20-17(22)19-10-13-7-14(11-19)9-15(8-13)12-19/h13-16H,2-12H2,1H3,(H,20,22,23). The molecule has 0 saturated heterocycles. The number of amides is 1. The van der Waals surface area contributed by atoms with Crippen LogP contribution in [-0.2, 0) is 4.79 Å². The number of nitrogens with zero attached hydrogens (tertiary/aromatic N) is 1. The van der Waals surface area contributed by atoms with Crippen molar-refractivity contribution in [3.8, 4) is 0 Å². The Bertz CT molecular complexity index is 462. The Kier molecular flexibility index (Phi) is 4.15. The van der Waals surface area contributed by atoms with E-state index in [1.165, 1.54) is 51.4 Å². The zero-order valence-electron chi connectivity index (χ0n) is 14.4. The SMILES string of the molecule is CN(C(=S)NC(=O)C12CC3CC(CC(C3)C1)C2)C1CCCCC1. The first-order valence-electron chi connectivity index (χ1n) is 9.64. The summed E-state index contributed by atoms with van der Waals surface area (Å²) >= 11 is 5.58. The lowest BCUT2D eigenvalue weighted by atomic mass is 9.49. The number of hydrogen-bond donors (Lipinski definition) is 1. The van der Waals surface area contributed by atoms with Gasteiger partial charge in [-0.3, -0.25) is 4.79 Å². The summed E-state index contributed by atoms with van der Waals surface area (Å²) in [5, 5.41) is 3.82. The molecule has 3 nitrogen and oxygen atoms in total. The molecule has 5 fully saturated rings. The lowest BCUT2D eigenvalue weighted by Crippen LogP contribution is -2.56.